The molecule has 0 saturated carbocycles. The van der Waals surface area contributed by atoms with Gasteiger partial charge in [-0.25, -0.2) is 16.3 Å². The Morgan fingerprint density at radius 1 is 1.00 bits per heavy atom. The molecular weight excluding hydrogens is 419 g/mol. The van der Waals surface area contributed by atoms with Crippen molar-refractivity contribution in [2.24, 2.45) is 5.10 Å². The number of rotatable bonds is 4. The van der Waals surface area contributed by atoms with Gasteiger partial charge in [0.05, 0.1) is 16.3 Å². The number of aryl methyl sites for hydroxylation is 2. The third-order valence-electron chi connectivity index (χ3n) is 5.87. The van der Waals surface area contributed by atoms with Crippen molar-refractivity contribution in [1.29, 1.82) is 0 Å². The summed E-state index contributed by atoms with van der Waals surface area (Å²) in [6, 6.07) is 15.8. The molecule has 3 N–H and O–H groups in total. The zero-order valence-electron chi connectivity index (χ0n) is 16.1. The number of carbonyl (C=O) groups is 1. The van der Waals surface area contributed by atoms with E-state index in [1.54, 1.807) is 18.2 Å². The summed E-state index contributed by atoms with van der Waals surface area (Å²) in [4.78, 5) is 12.6. The van der Waals surface area contributed by atoms with E-state index in [4.69, 9.17) is 23.2 Å². The lowest BCUT2D eigenvalue weighted by atomic mass is 9.93. The fraction of sp³-hybridized carbons (Fsp3) is 0.217. The van der Waals surface area contributed by atoms with Gasteiger partial charge < -0.3 is 0 Å². The van der Waals surface area contributed by atoms with E-state index in [0.717, 1.165) is 12.8 Å². The van der Waals surface area contributed by atoms with Crippen LogP contribution in [0.25, 0.3) is 10.8 Å². The molecule has 5 nitrogen and oxygen atoms in total. The van der Waals surface area contributed by atoms with Crippen LogP contribution in [0.3, 0.4) is 0 Å². The minimum atomic E-state index is -0.392. The summed E-state index contributed by atoms with van der Waals surface area (Å²) in [5.74, 6) is -0.213. The maximum Gasteiger partial charge on any atom is 0.258 e. The van der Waals surface area contributed by atoms with Crippen LogP contribution in [0.1, 0.15) is 34.7 Å². The zero-order valence-corrected chi connectivity index (χ0v) is 17.6. The quantitative estimate of drug-likeness (QED) is 0.420. The Hall–Kier alpha value is -2.44. The Bertz CT molecular complexity index is 1150. The van der Waals surface area contributed by atoms with Gasteiger partial charge in [0.25, 0.3) is 5.91 Å². The van der Waals surface area contributed by atoms with Gasteiger partial charge in [-0.2, -0.15) is 5.10 Å². The molecule has 1 fully saturated rings. The van der Waals surface area contributed by atoms with Crippen LogP contribution in [0.2, 0.25) is 10.0 Å². The van der Waals surface area contributed by atoms with E-state index in [0.29, 0.717) is 22.0 Å². The second-order valence-electron chi connectivity index (χ2n) is 7.65. The molecule has 0 aromatic heterocycles. The first-order valence-electron chi connectivity index (χ1n) is 9.93. The summed E-state index contributed by atoms with van der Waals surface area (Å²) in [6.45, 7) is 0. The molecule has 3 aromatic rings. The molecule has 1 saturated heterocycles. The monoisotopic (exact) mass is 438 g/mol. The van der Waals surface area contributed by atoms with Gasteiger partial charge in [-0.05, 0) is 58.9 Å². The molecule has 7 heteroatoms. The summed E-state index contributed by atoms with van der Waals surface area (Å²) < 4.78 is 0. The lowest BCUT2D eigenvalue weighted by molar-refractivity contribution is -0.122. The van der Waals surface area contributed by atoms with Crippen LogP contribution >= 0.6 is 23.2 Å². The number of hydrazine groups is 1. The molecule has 1 aliphatic carbocycles. The number of halogens is 2. The molecule has 2 atom stereocenters. The normalized spacial score (nSPS) is 20.3. The standard InChI is InChI=1S/C23H20Cl2N4O/c24-18-5-2-6-19(25)17(18)12-26-29-23(30)21-11-20(27-28-21)15-10-9-14-8-7-13-3-1-4-16(15)22(13)14/h1-6,9-10,12,20-21,27-28H,7-8,11H2,(H,29,30)/b26-12+. The van der Waals surface area contributed by atoms with Crippen LogP contribution in [-0.4, -0.2) is 18.2 Å². The van der Waals surface area contributed by atoms with Crippen molar-refractivity contribution in [1.82, 2.24) is 16.3 Å². The van der Waals surface area contributed by atoms with E-state index in [-0.39, 0.29) is 11.9 Å². The number of carbonyl (C=O) groups excluding carboxylic acids is 1. The minimum Gasteiger partial charge on any atom is -0.271 e. The van der Waals surface area contributed by atoms with Crippen molar-refractivity contribution in [3.63, 3.8) is 0 Å². The molecule has 1 amide bonds. The molecule has 1 aliphatic heterocycles. The van der Waals surface area contributed by atoms with Gasteiger partial charge in [0.15, 0.2) is 0 Å². The number of nitrogens with one attached hydrogen (secondary N) is 3. The second-order valence-corrected chi connectivity index (χ2v) is 8.47. The van der Waals surface area contributed by atoms with Gasteiger partial charge in [0.1, 0.15) is 6.04 Å². The second kappa shape index (κ2) is 8.00. The number of amides is 1. The van der Waals surface area contributed by atoms with E-state index in [1.807, 2.05) is 0 Å². The summed E-state index contributed by atoms with van der Waals surface area (Å²) >= 11 is 12.2. The van der Waals surface area contributed by atoms with Crippen molar-refractivity contribution < 1.29 is 4.79 Å². The molecule has 0 bridgehead atoms. The first kappa shape index (κ1) is 19.5. The Morgan fingerprint density at radius 3 is 2.53 bits per heavy atom. The fourth-order valence-corrected chi connectivity index (χ4v) is 4.87. The van der Waals surface area contributed by atoms with E-state index in [2.05, 4.69) is 51.7 Å². The van der Waals surface area contributed by atoms with Crippen LogP contribution in [0.4, 0.5) is 0 Å². The summed E-state index contributed by atoms with van der Waals surface area (Å²) in [5.41, 5.74) is 13.6. The predicted molar refractivity (Wildman–Crippen MR) is 121 cm³/mol. The average molecular weight is 439 g/mol. The van der Waals surface area contributed by atoms with Gasteiger partial charge >= 0.3 is 0 Å². The third-order valence-corrected chi connectivity index (χ3v) is 6.53. The van der Waals surface area contributed by atoms with Crippen molar-refractivity contribution in [2.75, 3.05) is 0 Å². The van der Waals surface area contributed by atoms with E-state index >= 15 is 0 Å². The van der Waals surface area contributed by atoms with Crippen LogP contribution in [-0.2, 0) is 17.6 Å². The SMILES string of the molecule is O=C(N/N=C/c1c(Cl)cccc1Cl)C1CC(c2ccc3c4c(cccc24)CC3)NN1. The molecule has 2 aliphatic rings. The number of hydrogen-bond donors (Lipinski definition) is 3. The first-order chi connectivity index (χ1) is 14.6. The Morgan fingerprint density at radius 2 is 1.73 bits per heavy atom. The largest absolute Gasteiger partial charge is 0.271 e. The van der Waals surface area contributed by atoms with Crippen molar-refractivity contribution in [3.05, 3.63) is 80.8 Å². The fourth-order valence-electron chi connectivity index (χ4n) is 4.38. The molecule has 0 spiro atoms. The molecule has 152 valence electrons. The first-order valence-corrected chi connectivity index (χ1v) is 10.7. The lowest BCUT2D eigenvalue weighted by Gasteiger charge is -2.14. The Kier molecular flexibility index (Phi) is 5.21. The Balaban J connectivity index is 1.29. The number of hydrogen-bond acceptors (Lipinski definition) is 4. The maximum absolute atomic E-state index is 12.6. The van der Waals surface area contributed by atoms with Crippen molar-refractivity contribution >= 4 is 46.1 Å². The van der Waals surface area contributed by atoms with Gasteiger partial charge in [-0.1, -0.05) is 59.6 Å². The molecular formula is C23H20Cl2N4O. The van der Waals surface area contributed by atoms with Crippen LogP contribution < -0.4 is 16.3 Å². The highest BCUT2D eigenvalue weighted by molar-refractivity contribution is 6.38. The van der Waals surface area contributed by atoms with Gasteiger partial charge in [-0.3, -0.25) is 4.79 Å². The molecule has 5 rings (SSSR count). The third kappa shape index (κ3) is 3.48. The number of benzene rings is 3. The minimum absolute atomic E-state index is 0.0487. The maximum atomic E-state index is 12.6. The van der Waals surface area contributed by atoms with Crippen LogP contribution in [0.15, 0.2) is 53.6 Å². The summed E-state index contributed by atoms with van der Waals surface area (Å²) in [6.07, 6.45) is 4.30. The van der Waals surface area contributed by atoms with Gasteiger partial charge in [-0.15, -0.1) is 0 Å². The smallest absolute Gasteiger partial charge is 0.258 e. The molecule has 0 radical (unpaired) electrons. The van der Waals surface area contributed by atoms with Crippen molar-refractivity contribution in [3.8, 4) is 0 Å². The average Bonchev–Trinajstić information content (AvgIpc) is 3.39. The number of nitrogens with zero attached hydrogens (tertiary/aromatic N) is 1. The molecule has 2 unspecified atom stereocenters. The highest BCUT2D eigenvalue weighted by Gasteiger charge is 2.31. The van der Waals surface area contributed by atoms with Crippen LogP contribution in [0.5, 0.6) is 0 Å². The van der Waals surface area contributed by atoms with E-state index < -0.39 is 6.04 Å². The Labute approximate surface area is 184 Å². The van der Waals surface area contributed by atoms with Crippen LogP contribution in [0, 0.1) is 0 Å². The van der Waals surface area contributed by atoms with Crippen molar-refractivity contribution in [2.45, 2.75) is 31.3 Å². The molecule has 1 heterocycles. The predicted octanol–water partition coefficient (Wildman–Crippen LogP) is 4.30. The van der Waals surface area contributed by atoms with Gasteiger partial charge in [0, 0.05) is 11.6 Å². The summed E-state index contributed by atoms with van der Waals surface area (Å²) in [5, 5.41) is 7.64. The zero-order chi connectivity index (χ0) is 20.7. The highest BCUT2D eigenvalue weighted by Crippen LogP contribution is 2.36. The molecule has 30 heavy (non-hydrogen) atoms. The highest BCUT2D eigenvalue weighted by atomic mass is 35.5. The molecule has 3 aromatic carbocycles. The topological polar surface area (TPSA) is 65.5 Å². The van der Waals surface area contributed by atoms with E-state index in [9.17, 15) is 4.79 Å². The van der Waals surface area contributed by atoms with E-state index in [1.165, 1.54) is 33.7 Å². The number of hydrazone groups is 1. The summed E-state index contributed by atoms with van der Waals surface area (Å²) in [7, 11) is 0. The lowest BCUT2D eigenvalue weighted by Crippen LogP contribution is -2.41. The van der Waals surface area contributed by atoms with Gasteiger partial charge in [0.2, 0.25) is 0 Å².